The van der Waals surface area contributed by atoms with Gasteiger partial charge < -0.3 is 10.2 Å². The van der Waals surface area contributed by atoms with Crippen LogP contribution in [0.25, 0.3) is 0 Å². The van der Waals surface area contributed by atoms with Gasteiger partial charge in [0, 0.05) is 36.3 Å². The molecule has 2 unspecified atom stereocenters. The molecular formula is C19H19ClN2O2. The average molecular weight is 343 g/mol. The van der Waals surface area contributed by atoms with Gasteiger partial charge in [-0.25, -0.2) is 0 Å². The molecule has 1 fully saturated rings. The molecule has 2 atom stereocenters. The molecule has 24 heavy (non-hydrogen) atoms. The smallest absolute Gasteiger partial charge is 0.228 e. The summed E-state index contributed by atoms with van der Waals surface area (Å²) in [4.78, 5) is 25.3. The third kappa shape index (κ3) is 3.44. The number of hydrogen-bond donors (Lipinski definition) is 1. The zero-order valence-electron chi connectivity index (χ0n) is 13.6. The van der Waals surface area contributed by atoms with E-state index in [1.54, 1.807) is 24.1 Å². The summed E-state index contributed by atoms with van der Waals surface area (Å²) in [6.45, 7) is 1.51. The third-order valence-corrected chi connectivity index (χ3v) is 4.77. The Balaban J connectivity index is 1.62. The SMILES string of the molecule is CC(=O)N(C)c1ccc(NC(=O)C2CC2c2ccccc2Cl)cc1. The Bertz CT molecular complexity index is 773. The lowest BCUT2D eigenvalue weighted by Crippen LogP contribution is -2.22. The van der Waals surface area contributed by atoms with Crippen LogP contribution in [0.4, 0.5) is 11.4 Å². The topological polar surface area (TPSA) is 49.4 Å². The number of carbonyl (C=O) groups excluding carboxylic acids is 2. The number of hydrogen-bond acceptors (Lipinski definition) is 2. The molecule has 0 aromatic heterocycles. The lowest BCUT2D eigenvalue weighted by Gasteiger charge is -2.15. The van der Waals surface area contributed by atoms with Crippen LogP contribution in [0.3, 0.4) is 0 Å². The molecule has 0 spiro atoms. The van der Waals surface area contributed by atoms with Crippen molar-refractivity contribution in [3.63, 3.8) is 0 Å². The number of carbonyl (C=O) groups is 2. The molecular weight excluding hydrogens is 324 g/mol. The lowest BCUT2D eigenvalue weighted by molar-refractivity contribution is -0.117. The van der Waals surface area contributed by atoms with E-state index in [9.17, 15) is 9.59 Å². The van der Waals surface area contributed by atoms with Crippen molar-refractivity contribution in [2.75, 3.05) is 17.3 Å². The molecule has 0 saturated heterocycles. The maximum Gasteiger partial charge on any atom is 0.228 e. The van der Waals surface area contributed by atoms with Crippen molar-refractivity contribution in [1.29, 1.82) is 0 Å². The summed E-state index contributed by atoms with van der Waals surface area (Å²) >= 11 is 6.20. The highest BCUT2D eigenvalue weighted by atomic mass is 35.5. The maximum absolute atomic E-state index is 12.4. The number of amides is 2. The molecule has 2 aromatic carbocycles. The molecule has 3 rings (SSSR count). The normalized spacial score (nSPS) is 18.8. The third-order valence-electron chi connectivity index (χ3n) is 4.43. The summed E-state index contributed by atoms with van der Waals surface area (Å²) in [7, 11) is 1.72. The van der Waals surface area contributed by atoms with Crippen LogP contribution in [0.2, 0.25) is 5.02 Å². The molecule has 4 nitrogen and oxygen atoms in total. The second kappa shape index (κ2) is 6.65. The summed E-state index contributed by atoms with van der Waals surface area (Å²) in [6, 6.07) is 14.9. The molecule has 1 saturated carbocycles. The van der Waals surface area contributed by atoms with E-state index in [2.05, 4.69) is 5.32 Å². The van der Waals surface area contributed by atoms with Gasteiger partial charge in [0.1, 0.15) is 0 Å². The first-order chi connectivity index (χ1) is 11.5. The zero-order chi connectivity index (χ0) is 17.3. The minimum absolute atomic E-state index is 0.00703. The number of nitrogens with zero attached hydrogens (tertiary/aromatic N) is 1. The van der Waals surface area contributed by atoms with Crippen molar-refractivity contribution in [3.05, 3.63) is 59.1 Å². The number of rotatable bonds is 4. The Morgan fingerprint density at radius 3 is 2.42 bits per heavy atom. The van der Waals surface area contributed by atoms with Crippen molar-refractivity contribution >= 4 is 34.8 Å². The van der Waals surface area contributed by atoms with Crippen molar-refractivity contribution in [2.45, 2.75) is 19.3 Å². The van der Waals surface area contributed by atoms with Gasteiger partial charge in [-0.3, -0.25) is 9.59 Å². The van der Waals surface area contributed by atoms with Gasteiger partial charge in [-0.05, 0) is 48.2 Å². The van der Waals surface area contributed by atoms with Crippen molar-refractivity contribution in [2.24, 2.45) is 5.92 Å². The van der Waals surface area contributed by atoms with Crippen LogP contribution in [0, 0.1) is 5.92 Å². The quantitative estimate of drug-likeness (QED) is 0.910. The van der Waals surface area contributed by atoms with Gasteiger partial charge in [0.2, 0.25) is 11.8 Å². The Kier molecular flexibility index (Phi) is 4.58. The first-order valence-corrected chi connectivity index (χ1v) is 8.25. The molecule has 2 aromatic rings. The van der Waals surface area contributed by atoms with E-state index in [1.807, 2.05) is 36.4 Å². The largest absolute Gasteiger partial charge is 0.326 e. The molecule has 124 valence electrons. The molecule has 5 heteroatoms. The van der Waals surface area contributed by atoms with Gasteiger partial charge in [-0.15, -0.1) is 0 Å². The first-order valence-electron chi connectivity index (χ1n) is 7.87. The standard InChI is InChI=1S/C19H19ClN2O2/c1-12(23)22(2)14-9-7-13(8-10-14)21-19(24)17-11-16(17)15-5-3-4-6-18(15)20/h3-10,16-17H,11H2,1-2H3,(H,21,24). The summed E-state index contributed by atoms with van der Waals surface area (Å²) in [5, 5.41) is 3.65. The van der Waals surface area contributed by atoms with E-state index in [0.717, 1.165) is 28.4 Å². The predicted octanol–water partition coefficient (Wildman–Crippen LogP) is 4.06. The second-order valence-corrected chi connectivity index (χ2v) is 6.49. The summed E-state index contributed by atoms with van der Waals surface area (Å²) in [5.41, 5.74) is 2.56. The van der Waals surface area contributed by atoms with Crippen LogP contribution in [-0.4, -0.2) is 18.9 Å². The molecule has 2 amide bonds. The van der Waals surface area contributed by atoms with Crippen LogP contribution >= 0.6 is 11.6 Å². The minimum Gasteiger partial charge on any atom is -0.326 e. The van der Waals surface area contributed by atoms with Gasteiger partial charge in [-0.2, -0.15) is 0 Å². The van der Waals surface area contributed by atoms with Gasteiger partial charge in [0.15, 0.2) is 0 Å². The van der Waals surface area contributed by atoms with Crippen LogP contribution in [-0.2, 0) is 9.59 Å². The fourth-order valence-corrected chi connectivity index (χ4v) is 3.07. The number of halogens is 1. The maximum atomic E-state index is 12.4. The minimum atomic E-state index is -0.0375. The van der Waals surface area contributed by atoms with Crippen LogP contribution in [0.5, 0.6) is 0 Å². The van der Waals surface area contributed by atoms with Crippen LogP contribution in [0.15, 0.2) is 48.5 Å². The van der Waals surface area contributed by atoms with Gasteiger partial charge in [0.25, 0.3) is 0 Å². The molecule has 0 bridgehead atoms. The summed E-state index contributed by atoms with van der Waals surface area (Å²) < 4.78 is 0. The van der Waals surface area contributed by atoms with Gasteiger partial charge in [-0.1, -0.05) is 29.8 Å². The molecule has 1 aliphatic carbocycles. The first kappa shape index (κ1) is 16.5. The highest BCUT2D eigenvalue weighted by molar-refractivity contribution is 6.31. The number of anilines is 2. The van der Waals surface area contributed by atoms with Crippen molar-refractivity contribution < 1.29 is 9.59 Å². The van der Waals surface area contributed by atoms with E-state index < -0.39 is 0 Å². The Morgan fingerprint density at radius 1 is 1.12 bits per heavy atom. The van der Waals surface area contributed by atoms with E-state index in [-0.39, 0.29) is 23.7 Å². The number of nitrogens with one attached hydrogen (secondary N) is 1. The Labute approximate surface area is 146 Å². The predicted molar refractivity (Wildman–Crippen MR) is 96.5 cm³/mol. The molecule has 1 N–H and O–H groups in total. The van der Waals surface area contributed by atoms with E-state index in [0.29, 0.717) is 0 Å². The van der Waals surface area contributed by atoms with Crippen LogP contribution < -0.4 is 10.2 Å². The number of benzene rings is 2. The van der Waals surface area contributed by atoms with E-state index >= 15 is 0 Å². The van der Waals surface area contributed by atoms with E-state index in [1.165, 1.54) is 6.92 Å². The Morgan fingerprint density at radius 2 is 1.79 bits per heavy atom. The summed E-state index contributed by atoms with van der Waals surface area (Å²) in [6.07, 6.45) is 0.820. The fraction of sp³-hybridized carbons (Fsp3) is 0.263. The lowest BCUT2D eigenvalue weighted by atomic mass is 10.1. The van der Waals surface area contributed by atoms with E-state index in [4.69, 9.17) is 11.6 Å². The van der Waals surface area contributed by atoms with Gasteiger partial charge >= 0.3 is 0 Å². The Hall–Kier alpha value is -2.33. The zero-order valence-corrected chi connectivity index (χ0v) is 14.4. The molecule has 0 radical (unpaired) electrons. The molecule has 0 aliphatic heterocycles. The second-order valence-electron chi connectivity index (χ2n) is 6.08. The monoisotopic (exact) mass is 342 g/mol. The van der Waals surface area contributed by atoms with Gasteiger partial charge in [0.05, 0.1) is 0 Å². The fourth-order valence-electron chi connectivity index (χ4n) is 2.79. The van der Waals surface area contributed by atoms with Crippen molar-refractivity contribution in [3.8, 4) is 0 Å². The average Bonchev–Trinajstić information content (AvgIpc) is 3.36. The van der Waals surface area contributed by atoms with Crippen molar-refractivity contribution in [1.82, 2.24) is 0 Å². The van der Waals surface area contributed by atoms with Crippen LogP contribution in [0.1, 0.15) is 24.8 Å². The summed E-state index contributed by atoms with van der Waals surface area (Å²) in [5.74, 6) is 0.131. The highest BCUT2D eigenvalue weighted by Gasteiger charge is 2.44. The molecule has 0 heterocycles. The highest BCUT2D eigenvalue weighted by Crippen LogP contribution is 2.50. The molecule has 1 aliphatic rings.